The maximum Gasteiger partial charge on any atom is 0.576 e. The molecule has 0 fully saturated rings. The van der Waals surface area contributed by atoms with Gasteiger partial charge in [0.05, 0.1) is 0 Å². The molecule has 0 spiro atoms. The van der Waals surface area contributed by atoms with Gasteiger partial charge in [-0.15, -0.1) is 13.2 Å². The van der Waals surface area contributed by atoms with Crippen molar-refractivity contribution in [3.05, 3.63) is 30.6 Å². The maximum absolute atomic E-state index is 11.8. The lowest BCUT2D eigenvalue weighted by molar-refractivity contribution is -0.291. The molecule has 2 rings (SSSR count). The fourth-order valence-electron chi connectivity index (χ4n) is 1.26. The fraction of sp³-hybridized carbons (Fsp3) is 0.111. The number of pyridine rings is 1. The molecule has 0 radical (unpaired) electrons. The summed E-state index contributed by atoms with van der Waals surface area (Å²) in [6.45, 7) is 0. The maximum atomic E-state index is 11.8. The highest BCUT2D eigenvalue weighted by molar-refractivity contribution is 5.86. The Balaban J connectivity index is 2.37. The second-order valence-electron chi connectivity index (χ2n) is 2.92. The Morgan fingerprint density at radius 2 is 2.12 bits per heavy atom. The number of ether oxygens (including phenoxy) is 1. The molecule has 2 aromatic rings. The van der Waals surface area contributed by atoms with E-state index in [4.69, 9.17) is 0 Å². The third-order valence-corrected chi connectivity index (χ3v) is 1.85. The number of alkyl halides is 3. The molecule has 16 heavy (non-hydrogen) atoms. The molecule has 0 N–H and O–H groups in total. The van der Waals surface area contributed by atoms with Crippen LogP contribution in [0.15, 0.2) is 30.6 Å². The van der Waals surface area contributed by atoms with Gasteiger partial charge in [-0.25, -0.2) is 14.3 Å². The highest BCUT2D eigenvalue weighted by Crippen LogP contribution is 2.19. The Hall–Kier alpha value is -2.05. The van der Waals surface area contributed by atoms with Crippen LogP contribution in [-0.2, 0) is 4.74 Å². The Morgan fingerprint density at radius 1 is 1.38 bits per heavy atom. The molecule has 0 bridgehead atoms. The summed E-state index contributed by atoms with van der Waals surface area (Å²) in [5, 5.41) is 0.557. The third kappa shape index (κ3) is 1.97. The fourth-order valence-corrected chi connectivity index (χ4v) is 1.26. The molecule has 0 saturated carbocycles. The molecule has 0 atom stereocenters. The number of aromatic nitrogens is 2. The first kappa shape index (κ1) is 10.5. The number of halogens is 3. The SMILES string of the molecule is O=C(OC(F)(F)F)n1ccc2cccnc21. The molecular weight excluding hydrogens is 225 g/mol. The average molecular weight is 230 g/mol. The van der Waals surface area contributed by atoms with E-state index in [0.717, 1.165) is 0 Å². The van der Waals surface area contributed by atoms with Crippen LogP contribution in [0.1, 0.15) is 0 Å². The average Bonchev–Trinajstić information content (AvgIpc) is 2.58. The summed E-state index contributed by atoms with van der Waals surface area (Å²) in [5.41, 5.74) is 0.122. The normalized spacial score (nSPS) is 11.7. The Labute approximate surface area is 87.3 Å². The van der Waals surface area contributed by atoms with Gasteiger partial charge in [0.2, 0.25) is 0 Å². The minimum Gasteiger partial charge on any atom is -0.355 e. The summed E-state index contributed by atoms with van der Waals surface area (Å²) in [6, 6.07) is 4.71. The van der Waals surface area contributed by atoms with E-state index in [-0.39, 0.29) is 5.65 Å². The second-order valence-corrected chi connectivity index (χ2v) is 2.92. The number of nitrogens with zero attached hydrogens (tertiary/aromatic N) is 2. The van der Waals surface area contributed by atoms with Crippen molar-refractivity contribution in [3.8, 4) is 0 Å². The Morgan fingerprint density at radius 3 is 2.81 bits per heavy atom. The van der Waals surface area contributed by atoms with E-state index in [0.29, 0.717) is 9.95 Å². The standard InChI is InChI=1S/C9H5F3N2O2/c10-9(11,12)16-8(15)14-5-3-6-2-1-4-13-7(6)14/h1-5H. The molecule has 2 aromatic heterocycles. The summed E-state index contributed by atoms with van der Waals surface area (Å²) in [7, 11) is 0. The molecular formula is C9H5F3N2O2. The zero-order chi connectivity index (χ0) is 11.8. The summed E-state index contributed by atoms with van der Waals surface area (Å²) in [6.07, 6.45) is -3.98. The largest absolute Gasteiger partial charge is 0.576 e. The Bertz CT molecular complexity index is 533. The van der Waals surface area contributed by atoms with Crippen molar-refractivity contribution in [2.24, 2.45) is 0 Å². The van der Waals surface area contributed by atoms with Crippen LogP contribution in [0.3, 0.4) is 0 Å². The van der Waals surface area contributed by atoms with E-state index in [1.807, 2.05) is 0 Å². The van der Waals surface area contributed by atoms with Crippen LogP contribution in [-0.4, -0.2) is 22.0 Å². The van der Waals surface area contributed by atoms with Gasteiger partial charge >= 0.3 is 12.5 Å². The molecule has 84 valence electrons. The molecule has 0 saturated heterocycles. The lowest BCUT2D eigenvalue weighted by Gasteiger charge is -2.07. The minimum atomic E-state index is -5.00. The molecule has 7 heteroatoms. The molecule has 0 aliphatic heterocycles. The van der Waals surface area contributed by atoms with Crippen molar-refractivity contribution in [2.75, 3.05) is 0 Å². The van der Waals surface area contributed by atoms with Gasteiger partial charge in [-0.1, -0.05) is 0 Å². The highest BCUT2D eigenvalue weighted by Gasteiger charge is 2.35. The van der Waals surface area contributed by atoms with Crippen LogP contribution in [0, 0.1) is 0 Å². The third-order valence-electron chi connectivity index (χ3n) is 1.85. The van der Waals surface area contributed by atoms with Gasteiger partial charge in [0, 0.05) is 17.8 Å². The molecule has 2 heterocycles. The van der Waals surface area contributed by atoms with Crippen LogP contribution in [0.4, 0.5) is 18.0 Å². The predicted molar refractivity (Wildman–Crippen MR) is 47.7 cm³/mol. The smallest absolute Gasteiger partial charge is 0.355 e. The minimum absolute atomic E-state index is 0.122. The number of carbonyl (C=O) groups is 1. The number of hydrogen-bond donors (Lipinski definition) is 0. The molecule has 0 amide bonds. The van der Waals surface area contributed by atoms with Crippen molar-refractivity contribution in [2.45, 2.75) is 6.36 Å². The van der Waals surface area contributed by atoms with E-state index in [1.54, 1.807) is 12.1 Å². The summed E-state index contributed by atoms with van der Waals surface area (Å²) in [5.74, 6) is 0. The number of fused-ring (bicyclic) bond motifs is 1. The topological polar surface area (TPSA) is 44.1 Å². The van der Waals surface area contributed by atoms with Crippen LogP contribution in [0.5, 0.6) is 0 Å². The van der Waals surface area contributed by atoms with E-state index in [2.05, 4.69) is 9.72 Å². The second kappa shape index (κ2) is 3.51. The van der Waals surface area contributed by atoms with E-state index in [1.165, 1.54) is 18.5 Å². The first-order chi connectivity index (χ1) is 7.47. The lowest BCUT2D eigenvalue weighted by Crippen LogP contribution is -2.23. The molecule has 0 aliphatic rings. The highest BCUT2D eigenvalue weighted by atomic mass is 19.4. The van der Waals surface area contributed by atoms with Gasteiger partial charge in [0.15, 0.2) is 0 Å². The zero-order valence-corrected chi connectivity index (χ0v) is 7.73. The van der Waals surface area contributed by atoms with Crippen LogP contribution < -0.4 is 0 Å². The molecule has 0 aromatic carbocycles. The van der Waals surface area contributed by atoms with Gasteiger partial charge in [-0.2, -0.15) is 0 Å². The van der Waals surface area contributed by atoms with Gasteiger partial charge in [0.1, 0.15) is 5.65 Å². The van der Waals surface area contributed by atoms with Gasteiger partial charge in [0.25, 0.3) is 0 Å². The first-order valence-corrected chi connectivity index (χ1v) is 4.19. The molecule has 4 nitrogen and oxygen atoms in total. The van der Waals surface area contributed by atoms with Crippen molar-refractivity contribution < 1.29 is 22.7 Å². The molecule has 0 aliphatic carbocycles. The number of rotatable bonds is 0. The van der Waals surface area contributed by atoms with Crippen LogP contribution in [0.2, 0.25) is 0 Å². The van der Waals surface area contributed by atoms with E-state index in [9.17, 15) is 18.0 Å². The first-order valence-electron chi connectivity index (χ1n) is 4.19. The van der Waals surface area contributed by atoms with Gasteiger partial charge in [-0.05, 0) is 18.2 Å². The predicted octanol–water partition coefficient (Wildman–Crippen LogP) is 2.54. The Kier molecular flexibility index (Phi) is 2.30. The van der Waals surface area contributed by atoms with E-state index >= 15 is 0 Å². The zero-order valence-electron chi connectivity index (χ0n) is 7.73. The summed E-state index contributed by atoms with van der Waals surface area (Å²) >= 11 is 0. The van der Waals surface area contributed by atoms with Gasteiger partial charge in [-0.3, -0.25) is 0 Å². The number of hydrogen-bond acceptors (Lipinski definition) is 3. The van der Waals surface area contributed by atoms with Gasteiger partial charge < -0.3 is 4.74 Å². The van der Waals surface area contributed by atoms with Crippen LogP contribution >= 0.6 is 0 Å². The summed E-state index contributed by atoms with van der Waals surface area (Å²) < 4.78 is 39.4. The molecule has 0 unspecified atom stereocenters. The van der Waals surface area contributed by atoms with Crippen molar-refractivity contribution in [1.29, 1.82) is 0 Å². The van der Waals surface area contributed by atoms with E-state index < -0.39 is 12.5 Å². The van der Waals surface area contributed by atoms with Crippen LogP contribution in [0.25, 0.3) is 11.0 Å². The van der Waals surface area contributed by atoms with Crippen molar-refractivity contribution in [1.82, 2.24) is 9.55 Å². The monoisotopic (exact) mass is 230 g/mol. The van der Waals surface area contributed by atoms with Crippen molar-refractivity contribution in [3.63, 3.8) is 0 Å². The van der Waals surface area contributed by atoms with Crippen molar-refractivity contribution >= 4 is 17.1 Å². The lowest BCUT2D eigenvalue weighted by atomic mass is 10.3. The quantitative estimate of drug-likeness (QED) is 0.698. The number of carbonyl (C=O) groups excluding carboxylic acids is 1. The summed E-state index contributed by atoms with van der Waals surface area (Å²) in [4.78, 5) is 14.9.